The molecule has 1 fully saturated rings. The van der Waals surface area contributed by atoms with Crippen molar-refractivity contribution in [3.8, 4) is 0 Å². The van der Waals surface area contributed by atoms with Crippen LogP contribution >= 0.6 is 0 Å². The lowest BCUT2D eigenvalue weighted by Gasteiger charge is -2.28. The van der Waals surface area contributed by atoms with Crippen LogP contribution in [0.1, 0.15) is 6.42 Å². The molecule has 1 rings (SSSR count). The lowest BCUT2D eigenvalue weighted by molar-refractivity contribution is 0.0985. The third-order valence-electron chi connectivity index (χ3n) is 1.50. The number of ether oxygens (including phenoxy) is 1. The van der Waals surface area contributed by atoms with E-state index >= 15 is 0 Å². The molecule has 0 aliphatic carbocycles. The van der Waals surface area contributed by atoms with Crippen LogP contribution in [0.5, 0.6) is 0 Å². The van der Waals surface area contributed by atoms with Crippen LogP contribution in [0.3, 0.4) is 0 Å². The third kappa shape index (κ3) is 1.83. The van der Waals surface area contributed by atoms with E-state index in [1.165, 1.54) is 11.9 Å². The fourth-order valence-corrected chi connectivity index (χ4v) is 0.694. The van der Waals surface area contributed by atoms with Gasteiger partial charge in [0, 0.05) is 20.1 Å². The highest BCUT2D eigenvalue weighted by Gasteiger charge is 2.23. The SMILES string of the molecule is CNC(=O)OC(=O)N1CCC1. The third-order valence-corrected chi connectivity index (χ3v) is 1.50. The molecule has 0 aromatic carbocycles. The van der Waals surface area contributed by atoms with Crippen LogP contribution in [-0.2, 0) is 4.74 Å². The molecule has 1 aliphatic heterocycles. The second kappa shape index (κ2) is 3.23. The predicted molar refractivity (Wildman–Crippen MR) is 37.1 cm³/mol. The topological polar surface area (TPSA) is 58.6 Å². The first-order valence-electron chi connectivity index (χ1n) is 3.42. The molecule has 0 radical (unpaired) electrons. The number of likely N-dealkylation sites (tertiary alicyclic amines) is 1. The summed E-state index contributed by atoms with van der Waals surface area (Å²) < 4.78 is 4.34. The summed E-state index contributed by atoms with van der Waals surface area (Å²) in [5.41, 5.74) is 0. The number of hydrogen-bond donors (Lipinski definition) is 1. The summed E-state index contributed by atoms with van der Waals surface area (Å²) in [7, 11) is 1.41. The van der Waals surface area contributed by atoms with E-state index in [-0.39, 0.29) is 0 Å². The van der Waals surface area contributed by atoms with Crippen molar-refractivity contribution < 1.29 is 14.3 Å². The minimum Gasteiger partial charge on any atom is -0.359 e. The summed E-state index contributed by atoms with van der Waals surface area (Å²) >= 11 is 0. The van der Waals surface area contributed by atoms with Gasteiger partial charge in [0.15, 0.2) is 0 Å². The summed E-state index contributed by atoms with van der Waals surface area (Å²) in [6.07, 6.45) is -0.277. The highest BCUT2D eigenvalue weighted by atomic mass is 16.6. The first kappa shape index (κ1) is 7.84. The van der Waals surface area contributed by atoms with Crippen LogP contribution in [0, 0.1) is 0 Å². The van der Waals surface area contributed by atoms with E-state index in [4.69, 9.17) is 0 Å². The average Bonchev–Trinajstić information content (AvgIpc) is 1.83. The Kier molecular flexibility index (Phi) is 2.30. The van der Waals surface area contributed by atoms with Gasteiger partial charge in [-0.15, -0.1) is 0 Å². The lowest BCUT2D eigenvalue weighted by atomic mass is 10.2. The Labute approximate surface area is 64.3 Å². The van der Waals surface area contributed by atoms with E-state index in [0.717, 1.165) is 6.42 Å². The van der Waals surface area contributed by atoms with Crippen LogP contribution in [0.4, 0.5) is 9.59 Å². The Morgan fingerprint density at radius 2 is 2.09 bits per heavy atom. The van der Waals surface area contributed by atoms with Gasteiger partial charge in [-0.25, -0.2) is 9.59 Å². The maximum atomic E-state index is 10.8. The number of nitrogens with zero attached hydrogens (tertiary/aromatic N) is 1. The molecule has 1 saturated heterocycles. The standard InChI is InChI=1S/C6H10N2O3/c1-7-5(9)11-6(10)8-3-2-4-8/h2-4H2,1H3,(H,7,9). The largest absolute Gasteiger partial charge is 0.418 e. The molecule has 0 bridgehead atoms. The zero-order valence-electron chi connectivity index (χ0n) is 6.29. The van der Waals surface area contributed by atoms with Gasteiger partial charge in [-0.2, -0.15) is 0 Å². The number of alkyl carbamates (subject to hydrolysis) is 1. The van der Waals surface area contributed by atoms with E-state index < -0.39 is 12.2 Å². The molecule has 0 aromatic heterocycles. The van der Waals surface area contributed by atoms with Gasteiger partial charge in [-0.05, 0) is 6.42 Å². The molecule has 1 N–H and O–H groups in total. The predicted octanol–water partition coefficient (Wildman–Crippen LogP) is 0.168. The Hall–Kier alpha value is -1.26. The fourth-order valence-electron chi connectivity index (χ4n) is 0.694. The van der Waals surface area contributed by atoms with Crippen molar-refractivity contribution in [3.05, 3.63) is 0 Å². The van der Waals surface area contributed by atoms with Gasteiger partial charge in [0.25, 0.3) is 0 Å². The molecule has 0 aromatic rings. The molecule has 0 saturated carbocycles. The monoisotopic (exact) mass is 158 g/mol. The summed E-state index contributed by atoms with van der Waals surface area (Å²) in [6, 6.07) is 0. The molecular weight excluding hydrogens is 148 g/mol. The van der Waals surface area contributed by atoms with Crippen molar-refractivity contribution in [2.45, 2.75) is 6.42 Å². The van der Waals surface area contributed by atoms with Gasteiger partial charge in [-0.1, -0.05) is 0 Å². The van der Waals surface area contributed by atoms with Crippen molar-refractivity contribution in [3.63, 3.8) is 0 Å². The van der Waals surface area contributed by atoms with Crippen molar-refractivity contribution in [2.75, 3.05) is 20.1 Å². The highest BCUT2D eigenvalue weighted by Crippen LogP contribution is 2.06. The molecule has 0 spiro atoms. The van der Waals surface area contributed by atoms with E-state index in [1.54, 1.807) is 0 Å². The summed E-state index contributed by atoms with van der Waals surface area (Å²) in [6.45, 7) is 1.38. The highest BCUT2D eigenvalue weighted by molar-refractivity contribution is 5.83. The minimum absolute atomic E-state index is 0.560. The van der Waals surface area contributed by atoms with Crippen LogP contribution in [0.15, 0.2) is 0 Å². The zero-order chi connectivity index (χ0) is 8.27. The Morgan fingerprint density at radius 3 is 2.45 bits per heavy atom. The second-order valence-electron chi connectivity index (χ2n) is 2.25. The Balaban J connectivity index is 2.25. The molecule has 1 heterocycles. The zero-order valence-corrected chi connectivity index (χ0v) is 6.29. The maximum Gasteiger partial charge on any atom is 0.418 e. The molecule has 5 heteroatoms. The smallest absolute Gasteiger partial charge is 0.359 e. The van der Waals surface area contributed by atoms with Gasteiger partial charge < -0.3 is 15.0 Å². The van der Waals surface area contributed by atoms with Crippen LogP contribution in [0.25, 0.3) is 0 Å². The van der Waals surface area contributed by atoms with Crippen molar-refractivity contribution in [1.29, 1.82) is 0 Å². The van der Waals surface area contributed by atoms with Gasteiger partial charge >= 0.3 is 12.2 Å². The molecular formula is C6H10N2O3. The second-order valence-corrected chi connectivity index (χ2v) is 2.25. The molecule has 1 aliphatic rings. The molecule has 2 amide bonds. The average molecular weight is 158 g/mol. The fraction of sp³-hybridized carbons (Fsp3) is 0.667. The molecule has 62 valence electrons. The number of hydrogen-bond acceptors (Lipinski definition) is 3. The van der Waals surface area contributed by atoms with E-state index in [0.29, 0.717) is 13.1 Å². The molecule has 5 nitrogen and oxygen atoms in total. The van der Waals surface area contributed by atoms with Crippen molar-refractivity contribution in [1.82, 2.24) is 10.2 Å². The lowest BCUT2D eigenvalue weighted by Crippen LogP contribution is -2.44. The number of carbonyl (C=O) groups excluding carboxylic acids is 2. The van der Waals surface area contributed by atoms with E-state index in [9.17, 15) is 9.59 Å². The number of carbonyl (C=O) groups is 2. The maximum absolute atomic E-state index is 10.8. The number of amides is 2. The Morgan fingerprint density at radius 1 is 1.45 bits per heavy atom. The first-order valence-corrected chi connectivity index (χ1v) is 3.42. The van der Waals surface area contributed by atoms with E-state index in [2.05, 4.69) is 10.1 Å². The minimum atomic E-state index is -0.707. The van der Waals surface area contributed by atoms with Gasteiger partial charge in [0.05, 0.1) is 0 Å². The van der Waals surface area contributed by atoms with Crippen molar-refractivity contribution >= 4 is 12.2 Å². The van der Waals surface area contributed by atoms with E-state index in [1.807, 2.05) is 0 Å². The normalized spacial score (nSPS) is 15.2. The Bertz CT molecular complexity index is 177. The van der Waals surface area contributed by atoms with Crippen molar-refractivity contribution in [2.24, 2.45) is 0 Å². The van der Waals surface area contributed by atoms with Crippen LogP contribution < -0.4 is 5.32 Å². The summed E-state index contributed by atoms with van der Waals surface area (Å²) in [5.74, 6) is 0. The summed E-state index contributed by atoms with van der Waals surface area (Å²) in [5, 5.41) is 2.19. The molecule has 0 unspecified atom stereocenters. The van der Waals surface area contributed by atoms with Gasteiger partial charge in [0.2, 0.25) is 0 Å². The number of nitrogens with one attached hydrogen (secondary N) is 1. The van der Waals surface area contributed by atoms with Crippen LogP contribution in [0.2, 0.25) is 0 Å². The molecule has 11 heavy (non-hydrogen) atoms. The molecule has 0 atom stereocenters. The number of rotatable bonds is 0. The van der Waals surface area contributed by atoms with Crippen LogP contribution in [-0.4, -0.2) is 37.2 Å². The summed E-state index contributed by atoms with van der Waals surface area (Å²) in [4.78, 5) is 22.8. The van der Waals surface area contributed by atoms with Gasteiger partial charge in [0.1, 0.15) is 0 Å². The first-order chi connectivity index (χ1) is 5.24. The quantitative estimate of drug-likeness (QED) is 0.511. The van der Waals surface area contributed by atoms with Gasteiger partial charge in [-0.3, -0.25) is 0 Å².